The van der Waals surface area contributed by atoms with Crippen molar-refractivity contribution in [3.8, 4) is 0 Å². The van der Waals surface area contributed by atoms with Gasteiger partial charge in [0.1, 0.15) is 0 Å². The number of hydrogen-bond donors (Lipinski definition) is 0. The SMILES string of the molecule is Cc1cc(C2(N=C=O)CC2)ccc1Cl. The standard InChI is InChI=1S/C11H10ClNO/c1-8-6-9(2-3-10(8)12)11(4-5-11)13-7-14/h2-3,6H,4-5H2,1H3. The van der Waals surface area contributed by atoms with Gasteiger partial charge in [0.15, 0.2) is 0 Å². The number of aryl methyl sites for hydroxylation is 1. The number of halogens is 1. The minimum atomic E-state index is -0.281. The van der Waals surface area contributed by atoms with Gasteiger partial charge < -0.3 is 0 Å². The first-order valence-electron chi connectivity index (χ1n) is 4.54. The summed E-state index contributed by atoms with van der Waals surface area (Å²) in [5, 5.41) is 0.750. The van der Waals surface area contributed by atoms with E-state index in [1.165, 1.54) is 0 Å². The number of aliphatic imine (C=N–C) groups is 1. The van der Waals surface area contributed by atoms with Crippen molar-refractivity contribution >= 4 is 17.7 Å². The molecule has 3 heteroatoms. The van der Waals surface area contributed by atoms with Crippen molar-refractivity contribution in [2.45, 2.75) is 25.3 Å². The van der Waals surface area contributed by atoms with Crippen molar-refractivity contribution in [3.63, 3.8) is 0 Å². The van der Waals surface area contributed by atoms with Crippen LogP contribution in [-0.4, -0.2) is 6.08 Å². The van der Waals surface area contributed by atoms with E-state index in [-0.39, 0.29) is 5.54 Å². The molecule has 0 atom stereocenters. The van der Waals surface area contributed by atoms with Crippen LogP contribution in [0.25, 0.3) is 0 Å². The fraction of sp³-hybridized carbons (Fsp3) is 0.364. The number of hydrogen-bond acceptors (Lipinski definition) is 2. The minimum absolute atomic E-state index is 0.281. The number of carbonyl (C=O) groups excluding carboxylic acids is 1. The maximum absolute atomic E-state index is 10.3. The normalized spacial score (nSPS) is 17.3. The lowest BCUT2D eigenvalue weighted by Gasteiger charge is -2.09. The zero-order valence-electron chi connectivity index (χ0n) is 7.88. The van der Waals surface area contributed by atoms with Crippen LogP contribution < -0.4 is 0 Å². The quantitative estimate of drug-likeness (QED) is 0.542. The number of rotatable bonds is 2. The van der Waals surface area contributed by atoms with Crippen LogP contribution in [0.15, 0.2) is 23.2 Å². The van der Waals surface area contributed by atoms with Crippen LogP contribution in [-0.2, 0) is 10.3 Å². The molecule has 1 saturated carbocycles. The molecular weight excluding hydrogens is 198 g/mol. The Morgan fingerprint density at radius 2 is 2.21 bits per heavy atom. The maximum Gasteiger partial charge on any atom is 0.235 e. The zero-order valence-corrected chi connectivity index (χ0v) is 8.64. The molecule has 0 saturated heterocycles. The molecule has 0 N–H and O–H groups in total. The summed E-state index contributed by atoms with van der Waals surface area (Å²) in [5.41, 5.74) is 1.82. The van der Waals surface area contributed by atoms with Gasteiger partial charge in [-0.15, -0.1) is 0 Å². The van der Waals surface area contributed by atoms with Crippen LogP contribution in [0, 0.1) is 6.92 Å². The summed E-state index contributed by atoms with van der Waals surface area (Å²) in [6, 6.07) is 5.78. The van der Waals surface area contributed by atoms with Gasteiger partial charge in [0.2, 0.25) is 6.08 Å². The fourth-order valence-electron chi connectivity index (χ4n) is 1.60. The lowest BCUT2D eigenvalue weighted by molar-refractivity contribution is 0.556. The van der Waals surface area contributed by atoms with Gasteiger partial charge in [0.25, 0.3) is 0 Å². The third-order valence-corrected chi connectivity index (χ3v) is 3.10. The topological polar surface area (TPSA) is 29.4 Å². The first-order valence-corrected chi connectivity index (χ1v) is 4.91. The Labute approximate surface area is 87.6 Å². The first-order chi connectivity index (χ1) is 6.68. The van der Waals surface area contributed by atoms with Crippen molar-refractivity contribution < 1.29 is 4.79 Å². The maximum atomic E-state index is 10.3. The number of nitrogens with zero attached hydrogens (tertiary/aromatic N) is 1. The van der Waals surface area contributed by atoms with Crippen LogP contribution in [0.1, 0.15) is 24.0 Å². The second-order valence-electron chi connectivity index (χ2n) is 3.70. The van der Waals surface area contributed by atoms with E-state index >= 15 is 0 Å². The van der Waals surface area contributed by atoms with Crippen LogP contribution in [0.3, 0.4) is 0 Å². The molecule has 0 bridgehead atoms. The van der Waals surface area contributed by atoms with Crippen molar-refractivity contribution in [1.29, 1.82) is 0 Å². The second-order valence-corrected chi connectivity index (χ2v) is 4.11. The molecule has 0 spiro atoms. The van der Waals surface area contributed by atoms with Gasteiger partial charge in [0, 0.05) is 5.02 Å². The zero-order chi connectivity index (χ0) is 10.2. The third kappa shape index (κ3) is 1.47. The monoisotopic (exact) mass is 207 g/mol. The molecule has 1 aliphatic carbocycles. The molecular formula is C11H10ClNO. The van der Waals surface area contributed by atoms with Gasteiger partial charge in [-0.05, 0) is 37.0 Å². The summed E-state index contributed by atoms with van der Waals surface area (Å²) >= 11 is 5.92. The minimum Gasteiger partial charge on any atom is -0.211 e. The van der Waals surface area contributed by atoms with E-state index in [1.54, 1.807) is 6.08 Å². The molecule has 0 radical (unpaired) electrons. The molecule has 0 unspecified atom stereocenters. The van der Waals surface area contributed by atoms with E-state index in [2.05, 4.69) is 4.99 Å². The van der Waals surface area contributed by atoms with Gasteiger partial charge >= 0.3 is 0 Å². The molecule has 1 aromatic carbocycles. The second kappa shape index (κ2) is 3.23. The summed E-state index contributed by atoms with van der Waals surface area (Å²) < 4.78 is 0. The van der Waals surface area contributed by atoms with Crippen LogP contribution in [0.2, 0.25) is 5.02 Å². The van der Waals surface area contributed by atoms with E-state index in [0.29, 0.717) is 0 Å². The van der Waals surface area contributed by atoms with Gasteiger partial charge in [-0.25, -0.2) is 4.79 Å². The van der Waals surface area contributed by atoms with Crippen molar-refractivity contribution in [2.75, 3.05) is 0 Å². The molecule has 1 aliphatic rings. The van der Waals surface area contributed by atoms with E-state index in [0.717, 1.165) is 29.0 Å². The summed E-state index contributed by atoms with van der Waals surface area (Å²) in [6.45, 7) is 1.95. The summed E-state index contributed by atoms with van der Waals surface area (Å²) in [6.07, 6.45) is 3.51. The van der Waals surface area contributed by atoms with E-state index in [9.17, 15) is 4.79 Å². The van der Waals surface area contributed by atoms with E-state index < -0.39 is 0 Å². The average Bonchev–Trinajstić information content (AvgIpc) is 2.91. The average molecular weight is 208 g/mol. The predicted molar refractivity (Wildman–Crippen MR) is 55.2 cm³/mol. The van der Waals surface area contributed by atoms with Crippen molar-refractivity contribution in [3.05, 3.63) is 34.3 Å². The molecule has 1 fully saturated rings. The predicted octanol–water partition coefficient (Wildman–Crippen LogP) is 2.97. The van der Waals surface area contributed by atoms with Gasteiger partial charge in [-0.1, -0.05) is 23.7 Å². The largest absolute Gasteiger partial charge is 0.235 e. The third-order valence-electron chi connectivity index (χ3n) is 2.68. The Morgan fingerprint density at radius 1 is 1.50 bits per heavy atom. The van der Waals surface area contributed by atoms with Crippen molar-refractivity contribution in [1.82, 2.24) is 0 Å². The molecule has 2 rings (SSSR count). The molecule has 0 aliphatic heterocycles. The number of isocyanates is 1. The summed E-state index contributed by atoms with van der Waals surface area (Å²) in [7, 11) is 0. The molecule has 0 amide bonds. The molecule has 0 aromatic heterocycles. The van der Waals surface area contributed by atoms with E-state index in [4.69, 9.17) is 11.6 Å². The van der Waals surface area contributed by atoms with Crippen LogP contribution in [0.5, 0.6) is 0 Å². The Hall–Kier alpha value is -1.11. The molecule has 1 aromatic rings. The first kappa shape index (κ1) is 9.45. The summed E-state index contributed by atoms with van der Waals surface area (Å²) in [5.74, 6) is 0. The molecule has 72 valence electrons. The van der Waals surface area contributed by atoms with Crippen LogP contribution in [0.4, 0.5) is 0 Å². The highest BCUT2D eigenvalue weighted by molar-refractivity contribution is 6.31. The van der Waals surface area contributed by atoms with Gasteiger partial charge in [-0.2, -0.15) is 4.99 Å². The molecule has 0 heterocycles. The Kier molecular flexibility index (Phi) is 2.18. The number of benzene rings is 1. The highest BCUT2D eigenvalue weighted by Gasteiger charge is 2.44. The highest BCUT2D eigenvalue weighted by atomic mass is 35.5. The molecule has 14 heavy (non-hydrogen) atoms. The summed E-state index contributed by atoms with van der Waals surface area (Å²) in [4.78, 5) is 14.1. The van der Waals surface area contributed by atoms with E-state index in [1.807, 2.05) is 25.1 Å². The van der Waals surface area contributed by atoms with Gasteiger partial charge in [0.05, 0.1) is 5.54 Å². The lowest BCUT2D eigenvalue weighted by Crippen LogP contribution is -2.02. The Morgan fingerprint density at radius 3 is 2.71 bits per heavy atom. The lowest BCUT2D eigenvalue weighted by atomic mass is 10.0. The highest BCUT2D eigenvalue weighted by Crippen LogP contribution is 2.49. The van der Waals surface area contributed by atoms with Crippen LogP contribution >= 0.6 is 11.6 Å². The fourth-order valence-corrected chi connectivity index (χ4v) is 1.72. The van der Waals surface area contributed by atoms with Crippen molar-refractivity contribution in [2.24, 2.45) is 4.99 Å². The Balaban J connectivity index is 2.42. The smallest absolute Gasteiger partial charge is 0.211 e. The Bertz CT molecular complexity index is 417. The molecule has 2 nitrogen and oxygen atoms in total. The van der Waals surface area contributed by atoms with Gasteiger partial charge in [-0.3, -0.25) is 0 Å².